The predicted molar refractivity (Wildman–Crippen MR) is 84.7 cm³/mol. The minimum atomic E-state index is -4.46. The monoisotopic (exact) mass is 406 g/mol. The van der Waals surface area contributed by atoms with Crippen molar-refractivity contribution in [2.45, 2.75) is 6.18 Å². The van der Waals surface area contributed by atoms with Crippen molar-refractivity contribution in [3.63, 3.8) is 0 Å². The Balaban J connectivity index is 1.83. The van der Waals surface area contributed by atoms with Gasteiger partial charge in [0.05, 0.1) is 15.6 Å². The number of hydrogen-bond acceptors (Lipinski definition) is 4. The number of nitrogens with one attached hydrogen (secondary N) is 1. The zero-order chi connectivity index (χ0) is 16.9. The zero-order valence-corrected chi connectivity index (χ0v) is 13.8. The number of ether oxygens (including phenoxy) is 1. The third kappa shape index (κ3) is 5.68. The molecule has 1 amide bonds. The first kappa shape index (κ1) is 17.5. The number of nitrogens with zero attached hydrogens (tertiary/aromatic N) is 1. The number of hydrogen-bond donors (Lipinski definition) is 1. The number of carbonyl (C=O) groups excluding carboxylic acids is 1. The lowest BCUT2D eigenvalue weighted by molar-refractivity contribution is -0.137. The summed E-state index contributed by atoms with van der Waals surface area (Å²) >= 11 is 4.72. The van der Waals surface area contributed by atoms with Crippen LogP contribution in [0.3, 0.4) is 0 Å². The van der Waals surface area contributed by atoms with E-state index in [1.54, 1.807) is 0 Å². The van der Waals surface area contributed by atoms with Gasteiger partial charge < -0.3 is 4.74 Å². The first-order valence-corrected chi connectivity index (χ1v) is 7.83. The van der Waals surface area contributed by atoms with Gasteiger partial charge in [0, 0.05) is 4.88 Å². The van der Waals surface area contributed by atoms with E-state index in [9.17, 15) is 18.0 Å². The van der Waals surface area contributed by atoms with E-state index in [1.165, 1.54) is 29.7 Å². The maximum Gasteiger partial charge on any atom is 0.416 e. The molecule has 1 heterocycles. The first-order valence-electron chi connectivity index (χ1n) is 6.22. The van der Waals surface area contributed by atoms with Crippen molar-refractivity contribution in [2.75, 3.05) is 6.61 Å². The van der Waals surface area contributed by atoms with E-state index in [4.69, 9.17) is 4.74 Å². The van der Waals surface area contributed by atoms with Crippen LogP contribution in [0, 0.1) is 0 Å². The highest BCUT2D eigenvalue weighted by Crippen LogP contribution is 2.31. The quantitative estimate of drug-likeness (QED) is 0.601. The Morgan fingerprint density at radius 2 is 2.13 bits per heavy atom. The average Bonchev–Trinajstić information content (AvgIpc) is 2.90. The van der Waals surface area contributed by atoms with E-state index in [-0.39, 0.29) is 5.75 Å². The summed E-state index contributed by atoms with van der Waals surface area (Å²) in [6, 6.07) is 7.96. The summed E-state index contributed by atoms with van der Waals surface area (Å²) in [6.07, 6.45) is -3.00. The third-order valence-corrected chi connectivity index (χ3v) is 4.06. The van der Waals surface area contributed by atoms with Crippen molar-refractivity contribution < 1.29 is 22.7 Å². The molecule has 1 aromatic heterocycles. The highest BCUT2D eigenvalue weighted by molar-refractivity contribution is 9.11. The van der Waals surface area contributed by atoms with Crippen LogP contribution in [0.5, 0.6) is 5.75 Å². The molecule has 0 saturated carbocycles. The van der Waals surface area contributed by atoms with Crippen molar-refractivity contribution in [1.29, 1.82) is 0 Å². The Morgan fingerprint density at radius 3 is 2.78 bits per heavy atom. The van der Waals surface area contributed by atoms with Gasteiger partial charge in [0.1, 0.15) is 5.75 Å². The Hall–Kier alpha value is -1.87. The standard InChI is InChI=1S/C14H10BrF3N2O2S/c15-12-5-4-11(23-12)7-19-20-13(21)8-22-10-3-1-2-9(6-10)14(16,17)18/h1-7H,8H2,(H,20,21)/b19-7+. The average molecular weight is 407 g/mol. The molecule has 4 nitrogen and oxygen atoms in total. The number of benzene rings is 1. The summed E-state index contributed by atoms with van der Waals surface area (Å²) in [7, 11) is 0. The van der Waals surface area contributed by atoms with Crippen LogP contribution in [0.1, 0.15) is 10.4 Å². The van der Waals surface area contributed by atoms with E-state index < -0.39 is 24.3 Å². The van der Waals surface area contributed by atoms with E-state index in [2.05, 4.69) is 26.5 Å². The fraction of sp³-hybridized carbons (Fsp3) is 0.143. The molecule has 0 unspecified atom stereocenters. The molecule has 0 radical (unpaired) electrons. The van der Waals surface area contributed by atoms with E-state index in [0.29, 0.717) is 0 Å². The van der Waals surface area contributed by atoms with Crippen molar-refractivity contribution in [2.24, 2.45) is 5.10 Å². The molecule has 1 N–H and O–H groups in total. The molecule has 9 heteroatoms. The Bertz CT molecular complexity index is 716. The molecule has 0 aliphatic heterocycles. The van der Waals surface area contributed by atoms with Gasteiger partial charge >= 0.3 is 6.18 Å². The van der Waals surface area contributed by atoms with Crippen LogP contribution in [-0.4, -0.2) is 18.7 Å². The molecule has 2 rings (SSSR count). The maximum atomic E-state index is 12.5. The lowest BCUT2D eigenvalue weighted by atomic mass is 10.2. The third-order valence-electron chi connectivity index (χ3n) is 2.51. The molecule has 0 saturated heterocycles. The minimum Gasteiger partial charge on any atom is -0.484 e. The van der Waals surface area contributed by atoms with Crippen LogP contribution in [0.4, 0.5) is 13.2 Å². The number of hydrazone groups is 1. The van der Waals surface area contributed by atoms with Crippen molar-refractivity contribution in [3.8, 4) is 5.75 Å². The van der Waals surface area contributed by atoms with Crippen LogP contribution in [0.15, 0.2) is 45.3 Å². The fourth-order valence-corrected chi connectivity index (χ4v) is 2.80. The lowest BCUT2D eigenvalue weighted by Gasteiger charge is -2.09. The van der Waals surface area contributed by atoms with Crippen LogP contribution >= 0.6 is 27.3 Å². The van der Waals surface area contributed by atoms with E-state index in [0.717, 1.165) is 20.8 Å². The van der Waals surface area contributed by atoms with Gasteiger partial charge in [-0.3, -0.25) is 4.79 Å². The van der Waals surface area contributed by atoms with Crippen molar-refractivity contribution in [3.05, 3.63) is 50.6 Å². The Morgan fingerprint density at radius 1 is 1.35 bits per heavy atom. The van der Waals surface area contributed by atoms with Gasteiger partial charge in [-0.25, -0.2) is 5.43 Å². The molecule has 0 aliphatic rings. The van der Waals surface area contributed by atoms with Gasteiger partial charge in [-0.05, 0) is 46.3 Å². The molecule has 0 atom stereocenters. The molecular weight excluding hydrogens is 397 g/mol. The molecule has 0 bridgehead atoms. The number of alkyl halides is 3. The van der Waals surface area contributed by atoms with Gasteiger partial charge in [-0.2, -0.15) is 18.3 Å². The molecule has 1 aromatic carbocycles. The van der Waals surface area contributed by atoms with Gasteiger partial charge in [0.25, 0.3) is 5.91 Å². The van der Waals surface area contributed by atoms with Crippen LogP contribution < -0.4 is 10.2 Å². The Kier molecular flexibility index (Phi) is 5.78. The van der Waals surface area contributed by atoms with Gasteiger partial charge in [-0.15, -0.1) is 11.3 Å². The smallest absolute Gasteiger partial charge is 0.416 e. The highest BCUT2D eigenvalue weighted by atomic mass is 79.9. The number of amides is 1. The molecular formula is C14H10BrF3N2O2S. The van der Waals surface area contributed by atoms with Crippen LogP contribution in [-0.2, 0) is 11.0 Å². The molecule has 0 fully saturated rings. The number of carbonyl (C=O) groups is 1. The zero-order valence-electron chi connectivity index (χ0n) is 11.4. The molecule has 2 aromatic rings. The van der Waals surface area contributed by atoms with Crippen molar-refractivity contribution in [1.82, 2.24) is 5.43 Å². The second-order valence-corrected chi connectivity index (χ2v) is 6.74. The van der Waals surface area contributed by atoms with Gasteiger partial charge in [0.2, 0.25) is 0 Å². The summed E-state index contributed by atoms with van der Waals surface area (Å²) in [5.74, 6) is -0.615. The summed E-state index contributed by atoms with van der Waals surface area (Å²) in [5.41, 5.74) is 1.39. The van der Waals surface area contributed by atoms with Crippen molar-refractivity contribution >= 4 is 39.4 Å². The van der Waals surface area contributed by atoms with E-state index >= 15 is 0 Å². The predicted octanol–water partition coefficient (Wildman–Crippen LogP) is 4.06. The van der Waals surface area contributed by atoms with E-state index in [1.807, 2.05) is 12.1 Å². The second-order valence-electron chi connectivity index (χ2n) is 4.25. The summed E-state index contributed by atoms with van der Waals surface area (Å²) in [6.45, 7) is -0.438. The molecule has 0 spiro atoms. The van der Waals surface area contributed by atoms with Gasteiger partial charge in [-0.1, -0.05) is 6.07 Å². The maximum absolute atomic E-state index is 12.5. The SMILES string of the molecule is O=C(COc1cccc(C(F)(F)F)c1)N/N=C/c1ccc(Br)s1. The Labute approximate surface area is 142 Å². The largest absolute Gasteiger partial charge is 0.484 e. The molecule has 23 heavy (non-hydrogen) atoms. The highest BCUT2D eigenvalue weighted by Gasteiger charge is 2.30. The lowest BCUT2D eigenvalue weighted by Crippen LogP contribution is -2.24. The normalized spacial score (nSPS) is 11.7. The van der Waals surface area contributed by atoms with Crippen LogP contribution in [0.25, 0.3) is 0 Å². The van der Waals surface area contributed by atoms with Gasteiger partial charge in [0.15, 0.2) is 6.61 Å². The summed E-state index contributed by atoms with van der Waals surface area (Å²) in [4.78, 5) is 12.3. The topological polar surface area (TPSA) is 50.7 Å². The summed E-state index contributed by atoms with van der Waals surface area (Å²) < 4.78 is 43.6. The number of thiophene rings is 1. The molecule has 0 aliphatic carbocycles. The number of rotatable bonds is 5. The second kappa shape index (κ2) is 7.60. The van der Waals surface area contributed by atoms with Crippen LogP contribution in [0.2, 0.25) is 0 Å². The number of halogens is 4. The molecule has 122 valence electrons. The summed E-state index contributed by atoms with van der Waals surface area (Å²) in [5, 5.41) is 3.73. The first-order chi connectivity index (χ1) is 10.8. The minimum absolute atomic E-state index is 0.0406. The fourth-order valence-electron chi connectivity index (χ4n) is 1.51.